The van der Waals surface area contributed by atoms with Crippen LogP contribution in [-0.4, -0.2) is 12.6 Å². The van der Waals surface area contributed by atoms with E-state index in [-0.39, 0.29) is 0 Å². The van der Waals surface area contributed by atoms with Crippen LogP contribution in [0.1, 0.15) is 47.0 Å². The van der Waals surface area contributed by atoms with E-state index in [1.165, 1.54) is 25.8 Å². The Morgan fingerprint density at radius 2 is 1.92 bits per heavy atom. The molecule has 1 aliphatic rings. The van der Waals surface area contributed by atoms with Crippen molar-refractivity contribution < 1.29 is 0 Å². The van der Waals surface area contributed by atoms with Crippen LogP contribution in [0, 0.1) is 11.3 Å². The van der Waals surface area contributed by atoms with Crippen LogP contribution in [0.15, 0.2) is 0 Å². The van der Waals surface area contributed by atoms with Crippen molar-refractivity contribution >= 4 is 0 Å². The molecule has 0 unspecified atom stereocenters. The number of hydrogen-bond acceptors (Lipinski definition) is 1. The van der Waals surface area contributed by atoms with E-state index < -0.39 is 0 Å². The lowest BCUT2D eigenvalue weighted by Crippen LogP contribution is -2.27. The van der Waals surface area contributed by atoms with E-state index >= 15 is 0 Å². The zero-order valence-corrected chi connectivity index (χ0v) is 8.98. The molecule has 0 aliphatic heterocycles. The lowest BCUT2D eigenvalue weighted by molar-refractivity contribution is 0.226. The van der Waals surface area contributed by atoms with E-state index in [9.17, 15) is 0 Å². The Morgan fingerprint density at radius 3 is 2.33 bits per heavy atom. The van der Waals surface area contributed by atoms with E-state index in [2.05, 4.69) is 33.0 Å². The molecule has 1 rings (SSSR count). The van der Waals surface area contributed by atoms with Crippen molar-refractivity contribution in [1.82, 2.24) is 5.32 Å². The molecule has 0 aromatic heterocycles. The lowest BCUT2D eigenvalue weighted by atomic mass is 9.78. The Balaban J connectivity index is 2.10. The topological polar surface area (TPSA) is 12.0 Å². The zero-order valence-electron chi connectivity index (χ0n) is 8.98. The van der Waals surface area contributed by atoms with Crippen LogP contribution in [0.5, 0.6) is 0 Å². The molecule has 1 nitrogen and oxygen atoms in total. The maximum absolute atomic E-state index is 3.57. The number of hydrogen-bond donors (Lipinski definition) is 1. The number of nitrogens with one attached hydrogen (secondary N) is 1. The highest BCUT2D eigenvalue weighted by molar-refractivity contribution is 4.82. The van der Waals surface area contributed by atoms with Gasteiger partial charge in [0, 0.05) is 6.04 Å². The molecule has 72 valence electrons. The molecular formula is C11H23N. The van der Waals surface area contributed by atoms with E-state index in [0.717, 1.165) is 12.0 Å². The van der Waals surface area contributed by atoms with E-state index in [1.54, 1.807) is 0 Å². The maximum atomic E-state index is 3.57. The Labute approximate surface area is 76.9 Å². The molecule has 1 aliphatic carbocycles. The Hall–Kier alpha value is -0.0400. The molecular weight excluding hydrogens is 146 g/mol. The van der Waals surface area contributed by atoms with E-state index in [4.69, 9.17) is 0 Å². The molecule has 0 heterocycles. The first-order valence-electron chi connectivity index (χ1n) is 5.26. The fourth-order valence-electron chi connectivity index (χ4n) is 1.17. The van der Waals surface area contributed by atoms with Crippen LogP contribution in [0.3, 0.4) is 0 Å². The van der Waals surface area contributed by atoms with Crippen LogP contribution in [-0.2, 0) is 0 Å². The average molecular weight is 169 g/mol. The van der Waals surface area contributed by atoms with Crippen molar-refractivity contribution in [2.45, 2.75) is 53.0 Å². The van der Waals surface area contributed by atoms with Gasteiger partial charge in [-0.05, 0) is 37.1 Å². The van der Waals surface area contributed by atoms with Gasteiger partial charge in [-0.3, -0.25) is 0 Å². The second-order valence-electron chi connectivity index (χ2n) is 5.12. The predicted molar refractivity (Wildman–Crippen MR) is 54.3 cm³/mol. The van der Waals surface area contributed by atoms with Gasteiger partial charge in [0.15, 0.2) is 0 Å². The first kappa shape index (κ1) is 10.0. The Morgan fingerprint density at radius 1 is 1.33 bits per heavy atom. The molecule has 1 saturated carbocycles. The molecule has 0 amide bonds. The molecule has 1 N–H and O–H groups in total. The standard InChI is InChI=1S/C11H23N/c1-9(2)11(3,4)7-8-12-10-5-6-10/h9-10,12H,5-8H2,1-4H3. The van der Waals surface area contributed by atoms with Crippen LogP contribution in [0.4, 0.5) is 0 Å². The minimum Gasteiger partial charge on any atom is -0.314 e. The third-order valence-electron chi connectivity index (χ3n) is 3.34. The third-order valence-corrected chi connectivity index (χ3v) is 3.34. The first-order chi connectivity index (χ1) is 5.52. The van der Waals surface area contributed by atoms with Gasteiger partial charge < -0.3 is 5.32 Å². The van der Waals surface area contributed by atoms with Crippen LogP contribution < -0.4 is 5.32 Å². The van der Waals surface area contributed by atoms with E-state index in [0.29, 0.717) is 5.41 Å². The van der Waals surface area contributed by atoms with Crippen molar-refractivity contribution in [3.05, 3.63) is 0 Å². The van der Waals surface area contributed by atoms with Gasteiger partial charge in [0.1, 0.15) is 0 Å². The van der Waals surface area contributed by atoms with Crippen molar-refractivity contribution in [2.24, 2.45) is 11.3 Å². The molecule has 0 radical (unpaired) electrons. The van der Waals surface area contributed by atoms with Gasteiger partial charge in [0.05, 0.1) is 0 Å². The van der Waals surface area contributed by atoms with E-state index in [1.807, 2.05) is 0 Å². The average Bonchev–Trinajstić information content (AvgIpc) is 2.70. The van der Waals surface area contributed by atoms with Gasteiger partial charge in [-0.25, -0.2) is 0 Å². The van der Waals surface area contributed by atoms with Gasteiger partial charge in [0.25, 0.3) is 0 Å². The Kier molecular flexibility index (Phi) is 3.16. The molecule has 1 fully saturated rings. The summed E-state index contributed by atoms with van der Waals surface area (Å²) in [4.78, 5) is 0. The molecule has 0 spiro atoms. The summed E-state index contributed by atoms with van der Waals surface area (Å²) in [5.41, 5.74) is 0.502. The normalized spacial score (nSPS) is 18.8. The smallest absolute Gasteiger partial charge is 0.00682 e. The summed E-state index contributed by atoms with van der Waals surface area (Å²) in [7, 11) is 0. The van der Waals surface area contributed by atoms with Crippen molar-refractivity contribution in [3.8, 4) is 0 Å². The van der Waals surface area contributed by atoms with Gasteiger partial charge in [-0.2, -0.15) is 0 Å². The Bertz CT molecular complexity index is 134. The molecule has 0 aromatic rings. The molecule has 12 heavy (non-hydrogen) atoms. The maximum Gasteiger partial charge on any atom is 0.00682 e. The summed E-state index contributed by atoms with van der Waals surface area (Å²) < 4.78 is 0. The molecule has 0 saturated heterocycles. The summed E-state index contributed by atoms with van der Waals surface area (Å²) in [6, 6.07) is 0.868. The fourth-order valence-corrected chi connectivity index (χ4v) is 1.17. The summed E-state index contributed by atoms with van der Waals surface area (Å²) in [6.45, 7) is 10.6. The minimum atomic E-state index is 0.502. The zero-order chi connectivity index (χ0) is 9.19. The van der Waals surface area contributed by atoms with Gasteiger partial charge >= 0.3 is 0 Å². The second kappa shape index (κ2) is 3.78. The first-order valence-corrected chi connectivity index (χ1v) is 5.26. The highest BCUT2D eigenvalue weighted by Crippen LogP contribution is 2.30. The minimum absolute atomic E-state index is 0.502. The van der Waals surface area contributed by atoms with Crippen molar-refractivity contribution in [1.29, 1.82) is 0 Å². The van der Waals surface area contributed by atoms with Crippen LogP contribution in [0.25, 0.3) is 0 Å². The molecule has 0 bridgehead atoms. The number of rotatable bonds is 5. The van der Waals surface area contributed by atoms with Crippen molar-refractivity contribution in [3.63, 3.8) is 0 Å². The second-order valence-corrected chi connectivity index (χ2v) is 5.12. The van der Waals surface area contributed by atoms with Gasteiger partial charge in [-0.1, -0.05) is 27.7 Å². The fraction of sp³-hybridized carbons (Fsp3) is 1.00. The largest absolute Gasteiger partial charge is 0.314 e. The lowest BCUT2D eigenvalue weighted by Gasteiger charge is -2.29. The SMILES string of the molecule is CC(C)C(C)(C)CCNC1CC1. The highest BCUT2D eigenvalue weighted by atomic mass is 14.9. The quantitative estimate of drug-likeness (QED) is 0.667. The molecule has 0 aromatic carbocycles. The summed E-state index contributed by atoms with van der Waals surface area (Å²) in [6.07, 6.45) is 4.12. The third kappa shape index (κ3) is 3.14. The monoisotopic (exact) mass is 169 g/mol. The summed E-state index contributed by atoms with van der Waals surface area (Å²) in [5.74, 6) is 0.790. The summed E-state index contributed by atoms with van der Waals surface area (Å²) >= 11 is 0. The molecule has 1 heteroatoms. The highest BCUT2D eigenvalue weighted by Gasteiger charge is 2.24. The van der Waals surface area contributed by atoms with Crippen LogP contribution >= 0.6 is 0 Å². The van der Waals surface area contributed by atoms with Crippen LogP contribution in [0.2, 0.25) is 0 Å². The van der Waals surface area contributed by atoms with Gasteiger partial charge in [-0.15, -0.1) is 0 Å². The van der Waals surface area contributed by atoms with Crippen molar-refractivity contribution in [2.75, 3.05) is 6.54 Å². The summed E-state index contributed by atoms with van der Waals surface area (Å²) in [5, 5.41) is 3.57. The molecule has 0 atom stereocenters. The van der Waals surface area contributed by atoms with Gasteiger partial charge in [0.2, 0.25) is 0 Å². The predicted octanol–water partition coefficient (Wildman–Crippen LogP) is 2.81.